The van der Waals surface area contributed by atoms with Crippen molar-refractivity contribution < 1.29 is 14.6 Å². The Labute approximate surface area is 191 Å². The number of thioether (sulfide) groups is 1. The van der Waals surface area contributed by atoms with Crippen LogP contribution in [0.4, 0.5) is 0 Å². The van der Waals surface area contributed by atoms with Crippen molar-refractivity contribution in [1.29, 1.82) is 0 Å². The minimum Gasteiger partial charge on any atom is -0.496 e. The summed E-state index contributed by atoms with van der Waals surface area (Å²) in [6, 6.07) is 25.8. The van der Waals surface area contributed by atoms with Crippen molar-refractivity contribution in [2.24, 2.45) is 7.05 Å². The van der Waals surface area contributed by atoms with Crippen molar-refractivity contribution in [2.45, 2.75) is 11.3 Å². The van der Waals surface area contributed by atoms with Gasteiger partial charge in [0.2, 0.25) is 0 Å². The molecule has 32 heavy (non-hydrogen) atoms. The lowest BCUT2D eigenvalue weighted by atomic mass is 10.1. The summed E-state index contributed by atoms with van der Waals surface area (Å²) in [4.78, 5) is 0. The maximum absolute atomic E-state index is 10.4. The zero-order valence-corrected chi connectivity index (χ0v) is 18.8. The molecule has 0 bridgehead atoms. The molecule has 4 rings (SSSR count). The van der Waals surface area contributed by atoms with Crippen molar-refractivity contribution in [2.75, 3.05) is 19.5 Å². The first kappa shape index (κ1) is 21.9. The molecule has 1 unspecified atom stereocenters. The maximum atomic E-state index is 10.4. The molecule has 0 aliphatic heterocycles. The van der Waals surface area contributed by atoms with Crippen LogP contribution in [0.3, 0.4) is 0 Å². The number of hydrogen-bond donors (Lipinski definition) is 1. The Morgan fingerprint density at radius 1 is 0.906 bits per heavy atom. The van der Waals surface area contributed by atoms with E-state index in [1.165, 1.54) is 11.8 Å². The second-order valence-corrected chi connectivity index (χ2v) is 8.22. The van der Waals surface area contributed by atoms with Crippen LogP contribution in [-0.4, -0.2) is 45.4 Å². The van der Waals surface area contributed by atoms with Gasteiger partial charge < -0.3 is 19.1 Å². The zero-order chi connectivity index (χ0) is 22.3. The molecule has 4 aromatic rings. The van der Waals surface area contributed by atoms with E-state index >= 15 is 0 Å². The summed E-state index contributed by atoms with van der Waals surface area (Å²) < 4.78 is 13.1. The van der Waals surface area contributed by atoms with Crippen molar-refractivity contribution in [3.05, 3.63) is 78.9 Å². The van der Waals surface area contributed by atoms with E-state index in [0.717, 1.165) is 33.3 Å². The summed E-state index contributed by atoms with van der Waals surface area (Å²) in [5.74, 6) is 2.63. The molecule has 1 heterocycles. The molecule has 6 nitrogen and oxygen atoms in total. The SMILES string of the molecule is COc1ccccc1-c1nnc(SCC(O)COc2ccc(-c3ccccc3)cc2)n1C. The molecule has 0 fully saturated rings. The van der Waals surface area contributed by atoms with E-state index in [2.05, 4.69) is 22.3 Å². The third kappa shape index (κ3) is 5.12. The Kier molecular flexibility index (Phi) is 7.09. The number of aliphatic hydroxyl groups is 1. The summed E-state index contributed by atoms with van der Waals surface area (Å²) in [5.41, 5.74) is 3.16. The Hall–Kier alpha value is -3.29. The van der Waals surface area contributed by atoms with E-state index in [1.54, 1.807) is 7.11 Å². The quantitative estimate of drug-likeness (QED) is 0.376. The first-order chi connectivity index (χ1) is 15.7. The number of aromatic nitrogens is 3. The average molecular weight is 448 g/mol. The first-order valence-electron chi connectivity index (χ1n) is 10.3. The van der Waals surface area contributed by atoms with E-state index in [9.17, 15) is 5.11 Å². The van der Waals surface area contributed by atoms with Crippen LogP contribution in [-0.2, 0) is 7.05 Å². The predicted octanol–water partition coefficient (Wildman–Crippen LogP) is 4.69. The smallest absolute Gasteiger partial charge is 0.191 e. The molecule has 3 aromatic carbocycles. The van der Waals surface area contributed by atoms with Gasteiger partial charge in [-0.25, -0.2) is 0 Å². The number of ether oxygens (including phenoxy) is 2. The van der Waals surface area contributed by atoms with Gasteiger partial charge in [-0.2, -0.15) is 0 Å². The number of hydrogen-bond acceptors (Lipinski definition) is 6. The van der Waals surface area contributed by atoms with Crippen LogP contribution in [0.5, 0.6) is 11.5 Å². The summed E-state index contributed by atoms with van der Waals surface area (Å²) >= 11 is 1.44. The molecule has 1 atom stereocenters. The molecular weight excluding hydrogens is 422 g/mol. The van der Waals surface area contributed by atoms with Crippen molar-refractivity contribution in [3.8, 4) is 34.0 Å². The fourth-order valence-corrected chi connectivity index (χ4v) is 4.11. The molecule has 1 N–H and O–H groups in total. The highest BCUT2D eigenvalue weighted by molar-refractivity contribution is 7.99. The molecular formula is C25H25N3O3S. The van der Waals surface area contributed by atoms with E-state index in [1.807, 2.05) is 78.3 Å². The topological polar surface area (TPSA) is 69.4 Å². The van der Waals surface area contributed by atoms with Crippen LogP contribution >= 0.6 is 11.8 Å². The van der Waals surface area contributed by atoms with E-state index < -0.39 is 6.10 Å². The summed E-state index contributed by atoms with van der Waals surface area (Å²) in [5, 5.41) is 19.7. The summed E-state index contributed by atoms with van der Waals surface area (Å²) in [7, 11) is 3.54. The molecule has 1 aromatic heterocycles. The lowest BCUT2D eigenvalue weighted by Crippen LogP contribution is -2.20. The largest absolute Gasteiger partial charge is 0.496 e. The number of nitrogens with zero attached hydrogens (tertiary/aromatic N) is 3. The molecule has 0 saturated heterocycles. The Balaban J connectivity index is 1.31. The molecule has 0 aliphatic carbocycles. The van der Waals surface area contributed by atoms with Gasteiger partial charge >= 0.3 is 0 Å². The van der Waals surface area contributed by atoms with Crippen molar-refractivity contribution in [3.63, 3.8) is 0 Å². The zero-order valence-electron chi connectivity index (χ0n) is 18.0. The van der Waals surface area contributed by atoms with Crippen LogP contribution in [0, 0.1) is 0 Å². The van der Waals surface area contributed by atoms with Crippen molar-refractivity contribution in [1.82, 2.24) is 14.8 Å². The van der Waals surface area contributed by atoms with Crippen LogP contribution in [0.2, 0.25) is 0 Å². The standard InChI is InChI=1S/C25H25N3O3S/c1-28-24(22-10-6-7-11-23(22)30-2)26-27-25(28)32-17-20(29)16-31-21-14-12-19(13-15-21)18-8-4-3-5-9-18/h3-15,20,29H,16-17H2,1-2H3. The molecule has 0 radical (unpaired) electrons. The van der Waals surface area contributed by atoms with Gasteiger partial charge in [-0.05, 0) is 35.4 Å². The van der Waals surface area contributed by atoms with Crippen LogP contribution in [0.25, 0.3) is 22.5 Å². The number of methoxy groups -OCH3 is 1. The number of rotatable bonds is 9. The fourth-order valence-electron chi connectivity index (χ4n) is 3.29. The van der Waals surface area contributed by atoms with Crippen LogP contribution in [0.15, 0.2) is 84.0 Å². The second kappa shape index (κ2) is 10.3. The van der Waals surface area contributed by atoms with Gasteiger partial charge in [0.25, 0.3) is 0 Å². The third-order valence-electron chi connectivity index (χ3n) is 4.99. The van der Waals surface area contributed by atoms with Crippen LogP contribution < -0.4 is 9.47 Å². The minimum atomic E-state index is -0.639. The van der Waals surface area contributed by atoms with E-state index in [4.69, 9.17) is 9.47 Å². The predicted molar refractivity (Wildman–Crippen MR) is 127 cm³/mol. The van der Waals surface area contributed by atoms with E-state index in [0.29, 0.717) is 11.6 Å². The van der Waals surface area contributed by atoms with Gasteiger partial charge in [0.15, 0.2) is 11.0 Å². The lowest BCUT2D eigenvalue weighted by molar-refractivity contribution is 0.126. The molecule has 0 spiro atoms. The normalized spacial score (nSPS) is 11.8. The van der Waals surface area contributed by atoms with Gasteiger partial charge in [0.05, 0.1) is 18.8 Å². The summed E-state index contributed by atoms with van der Waals surface area (Å²) in [6.45, 7) is 0.203. The highest BCUT2D eigenvalue weighted by Gasteiger charge is 2.16. The third-order valence-corrected chi connectivity index (χ3v) is 6.16. The van der Waals surface area contributed by atoms with Gasteiger partial charge in [0, 0.05) is 12.8 Å². The number of aliphatic hydroxyl groups excluding tert-OH is 1. The molecule has 0 saturated carbocycles. The van der Waals surface area contributed by atoms with E-state index in [-0.39, 0.29) is 6.61 Å². The molecule has 7 heteroatoms. The Bertz CT molecular complexity index is 1150. The van der Waals surface area contributed by atoms with Gasteiger partial charge in [-0.3, -0.25) is 0 Å². The minimum absolute atomic E-state index is 0.203. The van der Waals surface area contributed by atoms with Crippen LogP contribution in [0.1, 0.15) is 0 Å². The fraction of sp³-hybridized carbons (Fsp3) is 0.200. The number of para-hydroxylation sites is 1. The first-order valence-corrected chi connectivity index (χ1v) is 11.3. The van der Waals surface area contributed by atoms with Crippen molar-refractivity contribution >= 4 is 11.8 Å². The van der Waals surface area contributed by atoms with Gasteiger partial charge in [-0.1, -0.05) is 66.4 Å². The Morgan fingerprint density at radius 3 is 2.34 bits per heavy atom. The maximum Gasteiger partial charge on any atom is 0.191 e. The van der Waals surface area contributed by atoms with Gasteiger partial charge in [0.1, 0.15) is 18.1 Å². The monoisotopic (exact) mass is 447 g/mol. The second-order valence-electron chi connectivity index (χ2n) is 7.23. The number of benzene rings is 3. The highest BCUT2D eigenvalue weighted by atomic mass is 32.2. The lowest BCUT2D eigenvalue weighted by Gasteiger charge is -2.12. The Morgan fingerprint density at radius 2 is 1.59 bits per heavy atom. The molecule has 0 amide bonds. The van der Waals surface area contributed by atoms with Gasteiger partial charge in [-0.15, -0.1) is 10.2 Å². The molecule has 0 aliphatic rings. The summed E-state index contributed by atoms with van der Waals surface area (Å²) in [6.07, 6.45) is -0.639. The highest BCUT2D eigenvalue weighted by Crippen LogP contribution is 2.30. The molecule has 164 valence electrons. The average Bonchev–Trinajstić information content (AvgIpc) is 3.22.